The van der Waals surface area contributed by atoms with E-state index in [2.05, 4.69) is 41.3 Å². The Balaban J connectivity index is 2.18. The topological polar surface area (TPSA) is 67.1 Å². The Morgan fingerprint density at radius 2 is 2.12 bits per heavy atom. The van der Waals surface area contributed by atoms with Crippen LogP contribution in [0, 0.1) is 0 Å². The predicted molar refractivity (Wildman–Crippen MR) is 67.3 cm³/mol. The van der Waals surface area contributed by atoms with Crippen LogP contribution in [0.2, 0.25) is 0 Å². The van der Waals surface area contributed by atoms with E-state index in [1.165, 1.54) is 0 Å². The van der Waals surface area contributed by atoms with Gasteiger partial charge in [0, 0.05) is 12.6 Å². The smallest absolute Gasteiger partial charge is 0.148 e. The highest BCUT2D eigenvalue weighted by atomic mass is 15.2. The molecule has 0 spiro atoms. The standard InChI is InChI=1S/C11H21N5/c1-9(2)16(3)8-4-7-13-11-6-5-10(12)14-15-11/h5-6,9H,4,7-8H2,1-3H3,(H2,12,14)(H,13,15). The summed E-state index contributed by atoms with van der Waals surface area (Å²) in [6, 6.07) is 4.18. The summed E-state index contributed by atoms with van der Waals surface area (Å²) in [6.45, 7) is 6.36. The lowest BCUT2D eigenvalue weighted by Gasteiger charge is -2.20. The van der Waals surface area contributed by atoms with Crippen LogP contribution in [-0.2, 0) is 0 Å². The van der Waals surface area contributed by atoms with Crippen molar-refractivity contribution in [3.8, 4) is 0 Å². The average molecular weight is 223 g/mol. The first-order chi connectivity index (χ1) is 7.59. The van der Waals surface area contributed by atoms with E-state index in [-0.39, 0.29) is 0 Å². The average Bonchev–Trinajstić information content (AvgIpc) is 2.26. The Bertz CT molecular complexity index is 296. The fourth-order valence-electron chi connectivity index (χ4n) is 1.24. The molecular formula is C11H21N5. The number of nitrogens with zero attached hydrogens (tertiary/aromatic N) is 3. The van der Waals surface area contributed by atoms with Gasteiger partial charge in [0.25, 0.3) is 0 Å². The molecule has 1 heterocycles. The predicted octanol–water partition coefficient (Wildman–Crippen LogP) is 1.20. The highest BCUT2D eigenvalue weighted by molar-refractivity contribution is 5.38. The number of nitrogens with two attached hydrogens (primary N) is 1. The molecule has 0 atom stereocenters. The van der Waals surface area contributed by atoms with Gasteiger partial charge in [0.05, 0.1) is 0 Å². The molecule has 1 rings (SSSR count). The molecule has 0 aliphatic rings. The van der Waals surface area contributed by atoms with Gasteiger partial charge >= 0.3 is 0 Å². The van der Waals surface area contributed by atoms with Crippen molar-refractivity contribution >= 4 is 11.6 Å². The molecule has 0 radical (unpaired) electrons. The molecular weight excluding hydrogens is 202 g/mol. The monoisotopic (exact) mass is 223 g/mol. The van der Waals surface area contributed by atoms with Crippen LogP contribution in [0.4, 0.5) is 11.6 Å². The van der Waals surface area contributed by atoms with Crippen LogP contribution in [0.15, 0.2) is 12.1 Å². The van der Waals surface area contributed by atoms with Gasteiger partial charge in [-0.2, -0.15) is 0 Å². The van der Waals surface area contributed by atoms with Crippen LogP contribution in [0.1, 0.15) is 20.3 Å². The summed E-state index contributed by atoms with van der Waals surface area (Å²) >= 11 is 0. The van der Waals surface area contributed by atoms with Crippen molar-refractivity contribution in [3.05, 3.63) is 12.1 Å². The Kier molecular flexibility index (Phi) is 4.98. The Hall–Kier alpha value is -1.36. The van der Waals surface area contributed by atoms with Gasteiger partial charge in [0.2, 0.25) is 0 Å². The molecule has 0 amide bonds. The third kappa shape index (κ3) is 4.44. The molecule has 0 bridgehead atoms. The van der Waals surface area contributed by atoms with Gasteiger partial charge in [-0.05, 0) is 46.0 Å². The second-order valence-electron chi connectivity index (χ2n) is 4.20. The zero-order valence-electron chi connectivity index (χ0n) is 10.3. The first kappa shape index (κ1) is 12.7. The van der Waals surface area contributed by atoms with Gasteiger partial charge in [-0.3, -0.25) is 0 Å². The molecule has 5 heteroatoms. The summed E-state index contributed by atoms with van der Waals surface area (Å²) in [5, 5.41) is 10.9. The molecule has 0 fully saturated rings. The first-order valence-electron chi connectivity index (χ1n) is 5.63. The van der Waals surface area contributed by atoms with Gasteiger partial charge in [-0.1, -0.05) is 0 Å². The van der Waals surface area contributed by atoms with Crippen LogP contribution >= 0.6 is 0 Å². The van der Waals surface area contributed by atoms with Crippen molar-refractivity contribution in [2.24, 2.45) is 0 Å². The van der Waals surface area contributed by atoms with Gasteiger partial charge in [-0.25, -0.2) is 0 Å². The largest absolute Gasteiger partial charge is 0.382 e. The van der Waals surface area contributed by atoms with E-state index >= 15 is 0 Å². The zero-order chi connectivity index (χ0) is 12.0. The van der Waals surface area contributed by atoms with Gasteiger partial charge in [0.15, 0.2) is 0 Å². The van der Waals surface area contributed by atoms with E-state index in [9.17, 15) is 0 Å². The van der Waals surface area contributed by atoms with Crippen molar-refractivity contribution in [2.45, 2.75) is 26.3 Å². The van der Waals surface area contributed by atoms with Crippen molar-refractivity contribution in [3.63, 3.8) is 0 Å². The number of nitrogen functional groups attached to an aromatic ring is 1. The van der Waals surface area contributed by atoms with Crippen molar-refractivity contribution in [2.75, 3.05) is 31.2 Å². The third-order valence-electron chi connectivity index (χ3n) is 2.56. The maximum absolute atomic E-state index is 5.45. The number of anilines is 2. The molecule has 90 valence electrons. The van der Waals surface area contributed by atoms with Gasteiger partial charge in [0.1, 0.15) is 11.6 Å². The quantitative estimate of drug-likeness (QED) is 0.709. The third-order valence-corrected chi connectivity index (χ3v) is 2.56. The Morgan fingerprint density at radius 3 is 2.69 bits per heavy atom. The molecule has 0 saturated heterocycles. The van der Waals surface area contributed by atoms with Gasteiger partial charge in [-0.15, -0.1) is 10.2 Å². The number of aromatic nitrogens is 2. The number of hydrogen-bond acceptors (Lipinski definition) is 5. The van der Waals surface area contributed by atoms with E-state index < -0.39 is 0 Å². The molecule has 0 aliphatic heterocycles. The Morgan fingerprint density at radius 1 is 1.38 bits per heavy atom. The van der Waals surface area contributed by atoms with Crippen LogP contribution < -0.4 is 11.1 Å². The fraction of sp³-hybridized carbons (Fsp3) is 0.636. The minimum absolute atomic E-state index is 0.449. The summed E-state index contributed by atoms with van der Waals surface area (Å²) in [7, 11) is 2.13. The van der Waals surface area contributed by atoms with Crippen LogP contribution in [0.25, 0.3) is 0 Å². The maximum Gasteiger partial charge on any atom is 0.148 e. The molecule has 0 unspecified atom stereocenters. The lowest BCUT2D eigenvalue weighted by Crippen LogP contribution is -2.28. The molecule has 3 N–H and O–H groups in total. The summed E-state index contributed by atoms with van der Waals surface area (Å²) in [4.78, 5) is 2.32. The summed E-state index contributed by atoms with van der Waals surface area (Å²) < 4.78 is 0. The Labute approximate surface area is 97.0 Å². The van der Waals surface area contributed by atoms with E-state index in [1.807, 2.05) is 6.07 Å². The minimum atomic E-state index is 0.449. The molecule has 16 heavy (non-hydrogen) atoms. The highest BCUT2D eigenvalue weighted by Crippen LogP contribution is 2.02. The normalized spacial score (nSPS) is 11.1. The lowest BCUT2D eigenvalue weighted by molar-refractivity contribution is 0.273. The number of nitrogens with one attached hydrogen (secondary N) is 1. The molecule has 1 aromatic rings. The van der Waals surface area contributed by atoms with Crippen molar-refractivity contribution in [1.82, 2.24) is 15.1 Å². The van der Waals surface area contributed by atoms with E-state index in [0.29, 0.717) is 11.9 Å². The van der Waals surface area contributed by atoms with E-state index in [1.54, 1.807) is 6.07 Å². The van der Waals surface area contributed by atoms with Crippen molar-refractivity contribution < 1.29 is 0 Å². The SMILES string of the molecule is CC(C)N(C)CCCNc1ccc(N)nn1. The number of hydrogen-bond donors (Lipinski definition) is 2. The molecule has 0 aromatic carbocycles. The maximum atomic E-state index is 5.45. The molecule has 0 aliphatic carbocycles. The zero-order valence-corrected chi connectivity index (χ0v) is 10.3. The molecule has 0 saturated carbocycles. The molecule has 5 nitrogen and oxygen atoms in total. The van der Waals surface area contributed by atoms with Crippen molar-refractivity contribution in [1.29, 1.82) is 0 Å². The van der Waals surface area contributed by atoms with E-state index in [4.69, 9.17) is 5.73 Å². The molecule has 1 aromatic heterocycles. The van der Waals surface area contributed by atoms with Crippen LogP contribution in [0.3, 0.4) is 0 Å². The van der Waals surface area contributed by atoms with E-state index in [0.717, 1.165) is 25.3 Å². The number of rotatable bonds is 6. The summed E-state index contributed by atoms with van der Waals surface area (Å²) in [5.41, 5.74) is 5.45. The lowest BCUT2D eigenvalue weighted by atomic mass is 10.3. The first-order valence-corrected chi connectivity index (χ1v) is 5.63. The fourth-order valence-corrected chi connectivity index (χ4v) is 1.24. The van der Waals surface area contributed by atoms with Gasteiger partial charge < -0.3 is 16.0 Å². The van der Waals surface area contributed by atoms with Crippen LogP contribution in [0.5, 0.6) is 0 Å². The van der Waals surface area contributed by atoms with Crippen LogP contribution in [-0.4, -0.2) is 41.3 Å². The highest BCUT2D eigenvalue weighted by Gasteiger charge is 2.01. The second-order valence-corrected chi connectivity index (χ2v) is 4.20. The summed E-state index contributed by atoms with van der Waals surface area (Å²) in [5.74, 6) is 1.23. The second kappa shape index (κ2) is 6.27. The summed E-state index contributed by atoms with van der Waals surface area (Å²) in [6.07, 6.45) is 1.08. The minimum Gasteiger partial charge on any atom is -0.382 e.